The number of benzene rings is 2. The zero-order valence-corrected chi connectivity index (χ0v) is 12.9. The van der Waals surface area contributed by atoms with E-state index in [1.54, 1.807) is 18.2 Å². The summed E-state index contributed by atoms with van der Waals surface area (Å²) in [6, 6.07) is 12.4. The van der Waals surface area contributed by atoms with Gasteiger partial charge in [0, 0.05) is 21.8 Å². The smallest absolute Gasteiger partial charge is 0.256 e. The fourth-order valence-electron chi connectivity index (χ4n) is 1.76. The first-order valence-electron chi connectivity index (χ1n) is 6.06. The van der Waals surface area contributed by atoms with Gasteiger partial charge in [0.2, 0.25) is 0 Å². The summed E-state index contributed by atoms with van der Waals surface area (Å²) in [5.74, 6) is -0.205. The number of nitrogens with one attached hydrogen (secondary N) is 1. The van der Waals surface area contributed by atoms with E-state index in [0.717, 1.165) is 5.56 Å². The van der Waals surface area contributed by atoms with Crippen molar-refractivity contribution in [3.05, 3.63) is 63.1 Å². The molecule has 0 fully saturated rings. The predicted octanol–water partition coefficient (Wildman–Crippen LogP) is 3.89. The van der Waals surface area contributed by atoms with Gasteiger partial charge in [0.15, 0.2) is 0 Å². The van der Waals surface area contributed by atoms with Crippen LogP contribution in [0.2, 0.25) is 5.02 Å². The summed E-state index contributed by atoms with van der Waals surface area (Å²) in [7, 11) is 0. The van der Waals surface area contributed by atoms with Crippen molar-refractivity contribution in [2.75, 3.05) is 11.9 Å². The fraction of sp³-hybridized carbons (Fsp3) is 0.133. The van der Waals surface area contributed by atoms with E-state index < -0.39 is 0 Å². The van der Waals surface area contributed by atoms with Crippen LogP contribution in [-0.2, 0) is 6.42 Å². The number of carbonyl (C=O) groups excluding carboxylic acids is 1. The molecule has 0 atom stereocenters. The Balaban J connectivity index is 2.11. The lowest BCUT2D eigenvalue weighted by molar-refractivity contribution is 0.102. The summed E-state index contributed by atoms with van der Waals surface area (Å²) >= 11 is 9.17. The topological polar surface area (TPSA) is 49.3 Å². The molecule has 0 aliphatic rings. The Bertz CT molecular complexity index is 614. The van der Waals surface area contributed by atoms with E-state index in [-0.39, 0.29) is 12.5 Å². The van der Waals surface area contributed by atoms with Crippen molar-refractivity contribution < 1.29 is 9.90 Å². The van der Waals surface area contributed by atoms with E-state index in [2.05, 4.69) is 21.2 Å². The maximum absolute atomic E-state index is 12.1. The van der Waals surface area contributed by atoms with Crippen LogP contribution in [0.25, 0.3) is 0 Å². The predicted molar refractivity (Wildman–Crippen MR) is 84.3 cm³/mol. The van der Waals surface area contributed by atoms with E-state index in [1.165, 1.54) is 0 Å². The molecule has 0 spiro atoms. The summed E-state index contributed by atoms with van der Waals surface area (Å²) in [6.45, 7) is 0.115. The minimum absolute atomic E-state index is 0.115. The van der Waals surface area contributed by atoms with Gasteiger partial charge in [-0.1, -0.05) is 23.7 Å². The molecule has 0 heterocycles. The SMILES string of the molecule is O=C(Nc1ccc(CCO)cc1)c1ccc(Cl)cc1Br. The fourth-order valence-corrected chi connectivity index (χ4v) is 2.62. The molecule has 0 radical (unpaired) electrons. The van der Waals surface area contributed by atoms with Crippen LogP contribution in [-0.4, -0.2) is 17.6 Å². The highest BCUT2D eigenvalue weighted by Crippen LogP contribution is 2.22. The number of rotatable bonds is 4. The Morgan fingerprint density at radius 2 is 1.90 bits per heavy atom. The number of hydrogen-bond acceptors (Lipinski definition) is 2. The van der Waals surface area contributed by atoms with Gasteiger partial charge in [0.1, 0.15) is 0 Å². The molecular weight excluding hydrogens is 342 g/mol. The van der Waals surface area contributed by atoms with Gasteiger partial charge in [0.25, 0.3) is 5.91 Å². The molecule has 0 saturated carbocycles. The molecule has 3 nitrogen and oxygen atoms in total. The average molecular weight is 355 g/mol. The molecule has 1 amide bonds. The molecule has 2 rings (SSSR count). The normalized spacial score (nSPS) is 10.3. The van der Waals surface area contributed by atoms with Crippen molar-refractivity contribution in [1.29, 1.82) is 0 Å². The van der Waals surface area contributed by atoms with Gasteiger partial charge < -0.3 is 10.4 Å². The monoisotopic (exact) mass is 353 g/mol. The Labute approximate surface area is 130 Å². The first kappa shape index (κ1) is 15.0. The van der Waals surface area contributed by atoms with Crippen LogP contribution in [0.4, 0.5) is 5.69 Å². The van der Waals surface area contributed by atoms with E-state index in [0.29, 0.717) is 27.2 Å². The highest BCUT2D eigenvalue weighted by atomic mass is 79.9. The van der Waals surface area contributed by atoms with Crippen LogP contribution < -0.4 is 5.32 Å². The molecule has 104 valence electrons. The van der Waals surface area contributed by atoms with E-state index in [1.807, 2.05) is 24.3 Å². The minimum Gasteiger partial charge on any atom is -0.396 e. The Hall–Kier alpha value is -1.36. The molecule has 0 aliphatic heterocycles. The maximum atomic E-state index is 12.1. The number of anilines is 1. The first-order chi connectivity index (χ1) is 9.60. The van der Waals surface area contributed by atoms with Crippen molar-refractivity contribution in [1.82, 2.24) is 0 Å². The molecule has 0 unspecified atom stereocenters. The molecule has 2 aromatic carbocycles. The maximum Gasteiger partial charge on any atom is 0.256 e. The zero-order chi connectivity index (χ0) is 14.5. The molecule has 0 aliphatic carbocycles. The second kappa shape index (κ2) is 6.88. The molecule has 0 saturated heterocycles. The summed E-state index contributed by atoms with van der Waals surface area (Å²) in [5.41, 5.74) is 2.26. The summed E-state index contributed by atoms with van der Waals surface area (Å²) < 4.78 is 0.652. The van der Waals surface area contributed by atoms with Gasteiger partial charge in [-0.2, -0.15) is 0 Å². The molecule has 2 N–H and O–H groups in total. The Morgan fingerprint density at radius 1 is 1.20 bits per heavy atom. The molecule has 5 heteroatoms. The van der Waals surface area contributed by atoms with Crippen LogP contribution >= 0.6 is 27.5 Å². The number of aliphatic hydroxyl groups is 1. The largest absolute Gasteiger partial charge is 0.396 e. The Kier molecular flexibility index (Phi) is 5.17. The van der Waals surface area contributed by atoms with E-state index >= 15 is 0 Å². The zero-order valence-electron chi connectivity index (χ0n) is 10.6. The lowest BCUT2D eigenvalue weighted by Crippen LogP contribution is -2.12. The van der Waals surface area contributed by atoms with Crippen LogP contribution in [0.15, 0.2) is 46.9 Å². The van der Waals surface area contributed by atoms with Crippen LogP contribution in [0.1, 0.15) is 15.9 Å². The lowest BCUT2D eigenvalue weighted by atomic mass is 10.1. The van der Waals surface area contributed by atoms with Gasteiger partial charge in [-0.05, 0) is 58.2 Å². The standard InChI is InChI=1S/C15H13BrClNO2/c16-14-9-11(17)3-6-13(14)15(20)18-12-4-1-10(2-5-12)7-8-19/h1-6,9,19H,7-8H2,(H,18,20). The van der Waals surface area contributed by atoms with Crippen molar-refractivity contribution in [3.8, 4) is 0 Å². The van der Waals surface area contributed by atoms with Gasteiger partial charge >= 0.3 is 0 Å². The summed E-state index contributed by atoms with van der Waals surface area (Å²) in [5, 5.41) is 12.2. The quantitative estimate of drug-likeness (QED) is 0.875. The number of hydrogen-bond donors (Lipinski definition) is 2. The molecule has 2 aromatic rings. The third-order valence-electron chi connectivity index (χ3n) is 2.79. The average Bonchev–Trinajstić information content (AvgIpc) is 2.41. The second-order valence-electron chi connectivity index (χ2n) is 4.25. The number of amides is 1. The van der Waals surface area contributed by atoms with Gasteiger partial charge in [-0.3, -0.25) is 4.79 Å². The van der Waals surface area contributed by atoms with Gasteiger partial charge in [0.05, 0.1) is 5.56 Å². The lowest BCUT2D eigenvalue weighted by Gasteiger charge is -2.08. The van der Waals surface area contributed by atoms with Gasteiger partial charge in [-0.15, -0.1) is 0 Å². The van der Waals surface area contributed by atoms with Gasteiger partial charge in [-0.25, -0.2) is 0 Å². The van der Waals surface area contributed by atoms with E-state index in [9.17, 15) is 4.79 Å². The number of halogens is 2. The van der Waals surface area contributed by atoms with E-state index in [4.69, 9.17) is 16.7 Å². The first-order valence-corrected chi connectivity index (χ1v) is 7.23. The molecule has 20 heavy (non-hydrogen) atoms. The number of aliphatic hydroxyl groups excluding tert-OH is 1. The highest BCUT2D eigenvalue weighted by Gasteiger charge is 2.10. The van der Waals surface area contributed by atoms with Crippen molar-refractivity contribution in [2.24, 2.45) is 0 Å². The molecule has 0 bridgehead atoms. The molecule has 0 aromatic heterocycles. The minimum atomic E-state index is -0.205. The van der Waals surface area contributed by atoms with Crippen LogP contribution in [0.3, 0.4) is 0 Å². The van der Waals surface area contributed by atoms with Crippen molar-refractivity contribution in [2.45, 2.75) is 6.42 Å². The molecular formula is C15H13BrClNO2. The third kappa shape index (κ3) is 3.82. The van der Waals surface area contributed by atoms with Crippen molar-refractivity contribution >= 4 is 39.1 Å². The van der Waals surface area contributed by atoms with Crippen LogP contribution in [0.5, 0.6) is 0 Å². The highest BCUT2D eigenvalue weighted by molar-refractivity contribution is 9.10. The third-order valence-corrected chi connectivity index (χ3v) is 3.68. The number of carbonyl (C=O) groups is 1. The van der Waals surface area contributed by atoms with Crippen LogP contribution in [0, 0.1) is 0 Å². The Morgan fingerprint density at radius 3 is 2.50 bits per heavy atom. The second-order valence-corrected chi connectivity index (χ2v) is 5.54. The summed E-state index contributed by atoms with van der Waals surface area (Å²) in [4.78, 5) is 12.1. The summed E-state index contributed by atoms with van der Waals surface area (Å²) in [6.07, 6.45) is 0.608. The van der Waals surface area contributed by atoms with Crippen molar-refractivity contribution in [3.63, 3.8) is 0 Å².